The van der Waals surface area contributed by atoms with E-state index in [1.807, 2.05) is 0 Å². The topological polar surface area (TPSA) is 59.1 Å². The van der Waals surface area contributed by atoms with Gasteiger partial charge in [-0.3, -0.25) is 9.69 Å². The summed E-state index contributed by atoms with van der Waals surface area (Å²) < 4.78 is 48.8. The van der Waals surface area contributed by atoms with E-state index in [1.165, 1.54) is 4.90 Å². The average Bonchev–Trinajstić information content (AvgIpc) is 2.82. The van der Waals surface area contributed by atoms with Crippen LogP contribution in [0.2, 0.25) is 0 Å². The molecule has 2 aliphatic rings. The fraction of sp³-hybridized carbons (Fsp3) is 0.818. The number of hydrogen-bond acceptors (Lipinski definition) is 5. The predicted molar refractivity (Wildman–Crippen MR) is 59.9 cm³/mol. The van der Waals surface area contributed by atoms with Crippen molar-refractivity contribution in [2.45, 2.75) is 18.6 Å². The number of hydrogen-bond donors (Lipinski definition) is 0. The monoisotopic (exact) mass is 296 g/mol. The molecule has 2 saturated heterocycles. The summed E-state index contributed by atoms with van der Waals surface area (Å²) in [4.78, 5) is 24.9. The van der Waals surface area contributed by atoms with Crippen molar-refractivity contribution >= 4 is 12.0 Å². The van der Waals surface area contributed by atoms with Crippen molar-refractivity contribution in [1.82, 2.24) is 9.80 Å². The van der Waals surface area contributed by atoms with Crippen molar-refractivity contribution in [3.8, 4) is 0 Å². The summed E-state index contributed by atoms with van der Waals surface area (Å²) in [5, 5.41) is 0. The zero-order chi connectivity index (χ0) is 14.8. The largest absolute Gasteiger partial charge is 0.447 e. The molecule has 0 spiro atoms. The molecule has 1 atom stereocenters. The highest BCUT2D eigenvalue weighted by Crippen LogP contribution is 2.28. The molecule has 2 heterocycles. The molecule has 9 heteroatoms. The van der Waals surface area contributed by atoms with Gasteiger partial charge in [0.1, 0.15) is 12.6 Å². The molecule has 0 N–H and O–H groups in total. The van der Waals surface area contributed by atoms with Gasteiger partial charge in [0.15, 0.2) is 0 Å². The third-order valence-electron chi connectivity index (χ3n) is 3.29. The standard InChI is InChI=1S/C11H15F3N2O4/c12-11(13,14)8(15-1-4-19-5-2-15)7-9(17)16-3-6-20-10(16)18/h8H,1-7H2. The van der Waals surface area contributed by atoms with Crippen LogP contribution < -0.4 is 0 Å². The van der Waals surface area contributed by atoms with Crippen molar-refractivity contribution in [3.63, 3.8) is 0 Å². The first-order chi connectivity index (χ1) is 9.39. The predicted octanol–water partition coefficient (Wildman–Crippen LogP) is 0.618. The quantitative estimate of drug-likeness (QED) is 0.764. The van der Waals surface area contributed by atoms with Gasteiger partial charge in [-0.05, 0) is 0 Å². The number of carbonyl (C=O) groups excluding carboxylic acids is 2. The van der Waals surface area contributed by atoms with Crippen molar-refractivity contribution in [2.75, 3.05) is 39.5 Å². The van der Waals surface area contributed by atoms with Crippen LogP contribution in [-0.4, -0.2) is 73.5 Å². The molecule has 0 aromatic rings. The molecular weight excluding hydrogens is 281 g/mol. The Bertz CT molecular complexity index is 382. The van der Waals surface area contributed by atoms with Crippen molar-refractivity contribution in [2.24, 2.45) is 0 Å². The van der Waals surface area contributed by atoms with E-state index in [4.69, 9.17) is 4.74 Å². The van der Waals surface area contributed by atoms with Gasteiger partial charge in [0.2, 0.25) is 5.91 Å². The molecular formula is C11H15F3N2O4. The van der Waals surface area contributed by atoms with Gasteiger partial charge in [-0.15, -0.1) is 0 Å². The van der Waals surface area contributed by atoms with E-state index < -0.39 is 30.6 Å². The Hall–Kier alpha value is -1.35. The number of carbonyl (C=O) groups is 2. The molecule has 2 rings (SSSR count). The number of ether oxygens (including phenoxy) is 2. The first kappa shape index (κ1) is 15.0. The minimum absolute atomic E-state index is 0.00531. The third-order valence-corrected chi connectivity index (χ3v) is 3.29. The zero-order valence-electron chi connectivity index (χ0n) is 10.7. The van der Waals surface area contributed by atoms with E-state index in [2.05, 4.69) is 4.74 Å². The van der Waals surface area contributed by atoms with Gasteiger partial charge in [0.05, 0.1) is 26.2 Å². The summed E-state index contributed by atoms with van der Waals surface area (Å²) in [6, 6.07) is -1.90. The fourth-order valence-electron chi connectivity index (χ4n) is 2.24. The Morgan fingerprint density at radius 3 is 2.35 bits per heavy atom. The van der Waals surface area contributed by atoms with E-state index in [9.17, 15) is 22.8 Å². The maximum atomic E-state index is 13.1. The Kier molecular flexibility index (Phi) is 4.48. The minimum Gasteiger partial charge on any atom is -0.447 e. The van der Waals surface area contributed by atoms with Crippen LogP contribution in [-0.2, 0) is 14.3 Å². The first-order valence-electron chi connectivity index (χ1n) is 6.25. The van der Waals surface area contributed by atoms with Gasteiger partial charge in [0.25, 0.3) is 0 Å². The SMILES string of the molecule is O=C(CC(N1CCOCC1)C(F)(F)F)N1CCOC1=O. The molecule has 2 fully saturated rings. The number of alkyl halides is 3. The lowest BCUT2D eigenvalue weighted by molar-refractivity contribution is -0.195. The van der Waals surface area contributed by atoms with Gasteiger partial charge in [-0.2, -0.15) is 13.2 Å². The van der Waals surface area contributed by atoms with Crippen LogP contribution in [0.15, 0.2) is 0 Å². The summed E-state index contributed by atoms with van der Waals surface area (Å²) in [6.45, 7) is 0.660. The number of amides is 2. The Morgan fingerprint density at radius 1 is 1.20 bits per heavy atom. The highest BCUT2D eigenvalue weighted by Gasteiger charge is 2.46. The summed E-state index contributed by atoms with van der Waals surface area (Å²) in [5.74, 6) is -0.860. The Labute approximate surface area is 113 Å². The van der Waals surface area contributed by atoms with Gasteiger partial charge in [-0.1, -0.05) is 0 Å². The van der Waals surface area contributed by atoms with Crippen LogP contribution in [0.3, 0.4) is 0 Å². The smallest absolute Gasteiger partial charge is 0.416 e. The van der Waals surface area contributed by atoms with Gasteiger partial charge in [0, 0.05) is 13.1 Å². The Morgan fingerprint density at radius 2 is 1.85 bits per heavy atom. The van der Waals surface area contributed by atoms with E-state index in [1.54, 1.807) is 0 Å². The lowest BCUT2D eigenvalue weighted by Gasteiger charge is -2.35. The second-order valence-electron chi connectivity index (χ2n) is 4.57. The molecule has 0 saturated carbocycles. The van der Waals surface area contributed by atoms with Gasteiger partial charge in [-0.25, -0.2) is 9.69 Å². The Balaban J connectivity index is 2.03. The van der Waals surface area contributed by atoms with Crippen LogP contribution >= 0.6 is 0 Å². The van der Waals surface area contributed by atoms with Crippen molar-refractivity contribution in [1.29, 1.82) is 0 Å². The fourth-order valence-corrected chi connectivity index (χ4v) is 2.24. The molecule has 1 unspecified atom stereocenters. The molecule has 0 bridgehead atoms. The molecule has 0 radical (unpaired) electrons. The minimum atomic E-state index is -4.53. The molecule has 0 aliphatic carbocycles. The highest BCUT2D eigenvalue weighted by atomic mass is 19.4. The van der Waals surface area contributed by atoms with E-state index in [0.29, 0.717) is 0 Å². The lowest BCUT2D eigenvalue weighted by Crippen LogP contribution is -2.52. The maximum Gasteiger partial charge on any atom is 0.416 e. The zero-order valence-corrected chi connectivity index (χ0v) is 10.7. The van der Waals surface area contributed by atoms with Crippen LogP contribution in [0.4, 0.5) is 18.0 Å². The summed E-state index contributed by atoms with van der Waals surface area (Å²) in [7, 11) is 0. The average molecular weight is 296 g/mol. The van der Waals surface area contributed by atoms with Crippen LogP contribution in [0, 0.1) is 0 Å². The third kappa shape index (κ3) is 3.40. The number of cyclic esters (lactones) is 1. The number of halogens is 3. The molecule has 0 aromatic heterocycles. The van der Waals surface area contributed by atoms with Crippen LogP contribution in [0.1, 0.15) is 6.42 Å². The van der Waals surface area contributed by atoms with Gasteiger partial charge >= 0.3 is 12.3 Å². The molecule has 20 heavy (non-hydrogen) atoms. The second-order valence-corrected chi connectivity index (χ2v) is 4.57. The normalized spacial score (nSPS) is 22.8. The second kappa shape index (κ2) is 5.96. The molecule has 0 aromatic carbocycles. The summed E-state index contributed by atoms with van der Waals surface area (Å²) in [5.41, 5.74) is 0. The van der Waals surface area contributed by atoms with Crippen LogP contribution in [0.5, 0.6) is 0 Å². The lowest BCUT2D eigenvalue weighted by atomic mass is 10.1. The summed E-state index contributed by atoms with van der Waals surface area (Å²) >= 11 is 0. The molecule has 2 aliphatic heterocycles. The molecule has 114 valence electrons. The molecule has 2 amide bonds. The van der Waals surface area contributed by atoms with Crippen molar-refractivity contribution in [3.05, 3.63) is 0 Å². The number of rotatable bonds is 3. The molecule has 6 nitrogen and oxygen atoms in total. The van der Waals surface area contributed by atoms with Crippen molar-refractivity contribution < 1.29 is 32.2 Å². The number of imide groups is 1. The summed E-state index contributed by atoms with van der Waals surface area (Å²) in [6.07, 6.45) is -6.19. The van der Waals surface area contributed by atoms with Gasteiger partial charge < -0.3 is 9.47 Å². The highest BCUT2D eigenvalue weighted by molar-refractivity contribution is 5.93. The maximum absolute atomic E-state index is 13.1. The number of nitrogens with zero attached hydrogens (tertiary/aromatic N) is 2. The van der Waals surface area contributed by atoms with E-state index >= 15 is 0 Å². The van der Waals surface area contributed by atoms with Crippen LogP contribution in [0.25, 0.3) is 0 Å². The van der Waals surface area contributed by atoms with E-state index in [-0.39, 0.29) is 39.5 Å². The van der Waals surface area contributed by atoms with E-state index in [0.717, 1.165) is 4.90 Å². The number of morpholine rings is 1. The first-order valence-corrected chi connectivity index (χ1v) is 6.25.